The van der Waals surface area contributed by atoms with Crippen molar-refractivity contribution < 1.29 is 9.59 Å². The van der Waals surface area contributed by atoms with Crippen LogP contribution in [0.3, 0.4) is 0 Å². The number of hydrogen-bond donors (Lipinski definition) is 1. The van der Waals surface area contributed by atoms with Crippen molar-refractivity contribution in [2.75, 3.05) is 12.3 Å². The highest BCUT2D eigenvalue weighted by Crippen LogP contribution is 2.20. The number of unbranched alkanes of at least 4 members (excludes halogenated alkanes) is 1. The summed E-state index contributed by atoms with van der Waals surface area (Å²) in [5.74, 6) is 0.867. The van der Waals surface area contributed by atoms with E-state index in [-0.39, 0.29) is 11.8 Å². The van der Waals surface area contributed by atoms with Crippen LogP contribution in [0.25, 0.3) is 0 Å². The number of aryl methyl sites for hydroxylation is 1. The predicted octanol–water partition coefficient (Wildman–Crippen LogP) is 5.22. The number of hydrogen-bond acceptors (Lipinski definition) is 3. The van der Waals surface area contributed by atoms with E-state index in [0.29, 0.717) is 23.9 Å². The number of nitrogens with one attached hydrogen (secondary N) is 1. The standard InChI is InChI=1S/C24H31ClN2O2S/c1-4-5-14-26-24(29)19(3)27(15-21-8-6-7-9-22(21)25)23(28)17-30-16-20-12-10-18(2)11-13-20/h6-13,19H,4-5,14-17H2,1-3H3,(H,26,29)/t19-/m0/s1. The molecule has 0 aliphatic rings. The summed E-state index contributed by atoms with van der Waals surface area (Å²) in [5.41, 5.74) is 3.24. The van der Waals surface area contributed by atoms with Crippen LogP contribution in [0.1, 0.15) is 43.4 Å². The van der Waals surface area contributed by atoms with Gasteiger partial charge in [0, 0.05) is 23.9 Å². The van der Waals surface area contributed by atoms with Crippen molar-refractivity contribution in [3.63, 3.8) is 0 Å². The maximum absolute atomic E-state index is 13.1. The Bertz CT molecular complexity index is 826. The molecule has 0 unspecified atom stereocenters. The van der Waals surface area contributed by atoms with Crippen molar-refractivity contribution in [1.29, 1.82) is 0 Å². The summed E-state index contributed by atoms with van der Waals surface area (Å²) in [4.78, 5) is 27.3. The highest BCUT2D eigenvalue weighted by atomic mass is 35.5. The van der Waals surface area contributed by atoms with Gasteiger partial charge in [0.25, 0.3) is 0 Å². The van der Waals surface area contributed by atoms with Gasteiger partial charge in [0.1, 0.15) is 6.04 Å². The second kappa shape index (κ2) is 12.7. The quantitative estimate of drug-likeness (QED) is 0.481. The molecule has 0 heterocycles. The van der Waals surface area contributed by atoms with E-state index in [2.05, 4.69) is 43.4 Å². The number of nitrogens with zero attached hydrogens (tertiary/aromatic N) is 1. The lowest BCUT2D eigenvalue weighted by Crippen LogP contribution is -2.48. The van der Waals surface area contributed by atoms with Crippen molar-refractivity contribution in [3.8, 4) is 0 Å². The average molecular weight is 447 g/mol. The van der Waals surface area contributed by atoms with E-state index < -0.39 is 6.04 Å². The van der Waals surface area contributed by atoms with Crippen LogP contribution in [0.4, 0.5) is 0 Å². The largest absolute Gasteiger partial charge is 0.354 e. The molecule has 6 heteroatoms. The minimum Gasteiger partial charge on any atom is -0.354 e. The molecule has 162 valence electrons. The lowest BCUT2D eigenvalue weighted by atomic mass is 10.1. The summed E-state index contributed by atoms with van der Waals surface area (Å²) >= 11 is 7.87. The van der Waals surface area contributed by atoms with Crippen LogP contribution in [0.15, 0.2) is 48.5 Å². The Labute approximate surface area is 189 Å². The molecule has 0 fully saturated rings. The van der Waals surface area contributed by atoms with E-state index >= 15 is 0 Å². The summed E-state index contributed by atoms with van der Waals surface area (Å²) in [5, 5.41) is 3.53. The molecule has 2 amide bonds. The first-order chi connectivity index (χ1) is 14.4. The second-order valence-electron chi connectivity index (χ2n) is 7.41. The number of halogens is 1. The molecule has 30 heavy (non-hydrogen) atoms. The summed E-state index contributed by atoms with van der Waals surface area (Å²) in [6, 6.07) is 15.2. The Morgan fingerprint density at radius 1 is 1.13 bits per heavy atom. The zero-order chi connectivity index (χ0) is 21.9. The van der Waals surface area contributed by atoms with Crippen LogP contribution < -0.4 is 5.32 Å². The number of thioether (sulfide) groups is 1. The van der Waals surface area contributed by atoms with Crippen molar-refractivity contribution >= 4 is 35.2 Å². The van der Waals surface area contributed by atoms with E-state index in [1.54, 1.807) is 29.7 Å². The number of carbonyl (C=O) groups is 2. The summed E-state index contributed by atoms with van der Waals surface area (Å²) < 4.78 is 0. The monoisotopic (exact) mass is 446 g/mol. The van der Waals surface area contributed by atoms with Gasteiger partial charge in [0.15, 0.2) is 0 Å². The maximum Gasteiger partial charge on any atom is 0.242 e. The molecule has 2 rings (SSSR count). The minimum atomic E-state index is -0.564. The van der Waals surface area contributed by atoms with Gasteiger partial charge in [-0.3, -0.25) is 9.59 Å². The highest BCUT2D eigenvalue weighted by Gasteiger charge is 2.26. The van der Waals surface area contributed by atoms with Crippen molar-refractivity contribution in [1.82, 2.24) is 10.2 Å². The molecule has 0 saturated heterocycles. The number of carbonyl (C=O) groups excluding carboxylic acids is 2. The molecule has 1 N–H and O–H groups in total. The fraction of sp³-hybridized carbons (Fsp3) is 0.417. The van der Waals surface area contributed by atoms with Gasteiger partial charge in [-0.15, -0.1) is 11.8 Å². The summed E-state index contributed by atoms with van der Waals surface area (Å²) in [6.45, 7) is 6.84. The third-order valence-corrected chi connectivity index (χ3v) is 6.27. The molecular weight excluding hydrogens is 416 g/mol. The molecule has 0 spiro atoms. The Kier molecular flexibility index (Phi) is 10.2. The van der Waals surface area contributed by atoms with Gasteiger partial charge in [0.2, 0.25) is 11.8 Å². The van der Waals surface area contributed by atoms with Crippen LogP contribution in [0.5, 0.6) is 0 Å². The molecule has 2 aromatic carbocycles. The molecule has 0 bridgehead atoms. The van der Waals surface area contributed by atoms with Gasteiger partial charge in [-0.2, -0.15) is 0 Å². The fourth-order valence-corrected chi connectivity index (χ4v) is 4.02. The lowest BCUT2D eigenvalue weighted by Gasteiger charge is -2.29. The Hall–Kier alpha value is -1.98. The topological polar surface area (TPSA) is 49.4 Å². The van der Waals surface area contributed by atoms with Gasteiger partial charge in [-0.1, -0.05) is 73.0 Å². The molecular formula is C24H31ClN2O2S. The van der Waals surface area contributed by atoms with Gasteiger partial charge in [-0.05, 0) is 37.5 Å². The normalized spacial score (nSPS) is 11.7. The van der Waals surface area contributed by atoms with Crippen LogP contribution in [-0.2, 0) is 21.9 Å². The third kappa shape index (κ3) is 7.69. The Morgan fingerprint density at radius 3 is 2.50 bits per heavy atom. The molecule has 0 aliphatic carbocycles. The van der Waals surface area contributed by atoms with E-state index in [1.807, 2.05) is 18.2 Å². The van der Waals surface area contributed by atoms with Gasteiger partial charge >= 0.3 is 0 Å². The van der Waals surface area contributed by atoms with Crippen LogP contribution in [0.2, 0.25) is 5.02 Å². The number of amides is 2. The SMILES string of the molecule is CCCCNC(=O)[C@H](C)N(Cc1ccccc1Cl)C(=O)CSCc1ccc(C)cc1. The van der Waals surface area contributed by atoms with Crippen molar-refractivity contribution in [2.24, 2.45) is 0 Å². The lowest BCUT2D eigenvalue weighted by molar-refractivity contribution is -0.138. The van der Waals surface area contributed by atoms with E-state index in [4.69, 9.17) is 11.6 Å². The summed E-state index contributed by atoms with van der Waals surface area (Å²) in [6.07, 6.45) is 1.93. The van der Waals surface area contributed by atoms with Gasteiger partial charge < -0.3 is 10.2 Å². The number of benzene rings is 2. The van der Waals surface area contributed by atoms with Gasteiger partial charge in [0.05, 0.1) is 5.75 Å². The van der Waals surface area contributed by atoms with E-state index in [1.165, 1.54) is 11.1 Å². The summed E-state index contributed by atoms with van der Waals surface area (Å²) in [7, 11) is 0. The second-order valence-corrected chi connectivity index (χ2v) is 8.80. The zero-order valence-electron chi connectivity index (χ0n) is 18.0. The van der Waals surface area contributed by atoms with Crippen molar-refractivity contribution in [2.45, 2.75) is 52.0 Å². The molecule has 0 aliphatic heterocycles. The third-order valence-electron chi connectivity index (χ3n) is 4.91. The zero-order valence-corrected chi connectivity index (χ0v) is 19.6. The molecule has 4 nitrogen and oxygen atoms in total. The first-order valence-electron chi connectivity index (χ1n) is 10.4. The van der Waals surface area contributed by atoms with Crippen LogP contribution >= 0.6 is 23.4 Å². The maximum atomic E-state index is 13.1. The Balaban J connectivity index is 2.04. The van der Waals surface area contributed by atoms with Crippen molar-refractivity contribution in [3.05, 3.63) is 70.2 Å². The Morgan fingerprint density at radius 2 is 1.83 bits per heavy atom. The first kappa shape index (κ1) is 24.3. The minimum absolute atomic E-state index is 0.0647. The van der Waals surface area contributed by atoms with Crippen LogP contribution in [-0.4, -0.2) is 35.1 Å². The predicted molar refractivity (Wildman–Crippen MR) is 127 cm³/mol. The molecule has 2 aromatic rings. The molecule has 0 aromatic heterocycles. The van der Waals surface area contributed by atoms with Crippen LogP contribution in [0, 0.1) is 6.92 Å². The molecule has 1 atom stereocenters. The number of rotatable bonds is 11. The molecule has 0 radical (unpaired) electrons. The first-order valence-corrected chi connectivity index (χ1v) is 11.9. The van der Waals surface area contributed by atoms with Gasteiger partial charge in [-0.25, -0.2) is 0 Å². The van der Waals surface area contributed by atoms with E-state index in [9.17, 15) is 9.59 Å². The molecule has 0 saturated carbocycles. The highest BCUT2D eigenvalue weighted by molar-refractivity contribution is 7.99. The van der Waals surface area contributed by atoms with E-state index in [0.717, 1.165) is 24.2 Å². The smallest absolute Gasteiger partial charge is 0.242 e. The fourth-order valence-electron chi connectivity index (χ4n) is 2.95. The average Bonchev–Trinajstić information content (AvgIpc) is 2.74.